The van der Waals surface area contributed by atoms with Crippen LogP contribution in [-0.4, -0.2) is 54.4 Å². The maximum atomic E-state index is 15.5. The van der Waals surface area contributed by atoms with Crippen LogP contribution in [0.2, 0.25) is 0 Å². The first-order valence-electron chi connectivity index (χ1n) is 15.7. The smallest absolute Gasteiger partial charge is 0.271 e. The second-order valence-electron chi connectivity index (χ2n) is 10.9. The van der Waals surface area contributed by atoms with Gasteiger partial charge in [-0.3, -0.25) is 24.1 Å². The summed E-state index contributed by atoms with van der Waals surface area (Å²) in [5.41, 5.74) is 2.30. The number of halogens is 1. The Hall–Kier alpha value is -5.63. The second kappa shape index (κ2) is 15.7. The Bertz CT molecular complexity index is 2190. The van der Waals surface area contributed by atoms with Crippen LogP contribution in [0.1, 0.15) is 22.8 Å². The van der Waals surface area contributed by atoms with E-state index >= 15 is 4.39 Å². The van der Waals surface area contributed by atoms with E-state index in [1.165, 1.54) is 47.4 Å². The summed E-state index contributed by atoms with van der Waals surface area (Å²) in [6, 6.07) is 20.0. The molecule has 1 amide bonds. The molecule has 4 heterocycles. The Morgan fingerprint density at radius 3 is 2.62 bits per heavy atom. The van der Waals surface area contributed by atoms with E-state index in [4.69, 9.17) is 18.9 Å². The number of fused-ring (bicyclic) bond motifs is 1. The number of hydrogen-bond donors (Lipinski definition) is 2. The number of ether oxygens (including phenoxy) is 4. The number of aromatic nitrogens is 3. The third-order valence-electron chi connectivity index (χ3n) is 7.59. The molecular weight excluding hydrogens is 662 g/mol. The minimum Gasteiger partial charge on any atom is -0.497 e. The van der Waals surface area contributed by atoms with Gasteiger partial charge < -0.3 is 29.6 Å². The topological polar surface area (TPSA) is 126 Å². The monoisotopic (exact) mass is 695 g/mol. The second-order valence-corrected chi connectivity index (χ2v) is 12.0. The molecule has 0 aliphatic rings. The van der Waals surface area contributed by atoms with Crippen LogP contribution in [0.5, 0.6) is 23.0 Å². The molecule has 0 unspecified atom stereocenters. The number of hydrogen-bond acceptors (Lipinski definition) is 10. The largest absolute Gasteiger partial charge is 0.497 e. The molecule has 256 valence electrons. The highest BCUT2D eigenvalue weighted by Gasteiger charge is 2.21. The van der Waals surface area contributed by atoms with Gasteiger partial charge in [-0.1, -0.05) is 12.1 Å². The highest BCUT2D eigenvalue weighted by molar-refractivity contribution is 7.22. The van der Waals surface area contributed by atoms with Crippen LogP contribution in [0, 0.1) is 5.82 Å². The van der Waals surface area contributed by atoms with E-state index in [0.717, 1.165) is 33.4 Å². The molecular formula is C37H34FN5O6S. The number of carbonyl (C=O) groups is 1. The van der Waals surface area contributed by atoms with E-state index in [-0.39, 0.29) is 29.4 Å². The number of anilines is 1. The van der Waals surface area contributed by atoms with Crippen LogP contribution in [0.4, 0.5) is 10.1 Å². The van der Waals surface area contributed by atoms with Crippen molar-refractivity contribution in [2.24, 2.45) is 0 Å². The van der Waals surface area contributed by atoms with Crippen molar-refractivity contribution in [1.82, 2.24) is 19.9 Å². The lowest BCUT2D eigenvalue weighted by Crippen LogP contribution is -2.29. The molecule has 13 heteroatoms. The maximum Gasteiger partial charge on any atom is 0.271 e. The number of benzene rings is 2. The number of methoxy groups -OCH3 is 2. The molecule has 2 aromatic carbocycles. The molecule has 0 spiro atoms. The summed E-state index contributed by atoms with van der Waals surface area (Å²) < 4.78 is 39.5. The fourth-order valence-corrected chi connectivity index (χ4v) is 6.19. The molecule has 4 aromatic heterocycles. The van der Waals surface area contributed by atoms with E-state index in [2.05, 4.69) is 20.6 Å². The molecule has 6 aromatic rings. The SMILES string of the molecule is CCOc1ccn(-c2cccc(OC)c2)c(=O)c1C(=O)Nc1ccc(Oc2ccnc3cc(-c4ccc(CNCCOC)cn4)sc23)c(F)c1. The molecule has 6 rings (SSSR count). The van der Waals surface area contributed by atoms with Crippen LogP contribution in [0.15, 0.2) is 96.2 Å². The number of nitrogens with one attached hydrogen (secondary N) is 2. The summed E-state index contributed by atoms with van der Waals surface area (Å²) in [4.78, 5) is 37.0. The van der Waals surface area contributed by atoms with Crippen LogP contribution in [-0.2, 0) is 11.3 Å². The molecule has 0 aliphatic carbocycles. The number of amides is 1. The Balaban J connectivity index is 1.20. The van der Waals surface area contributed by atoms with Crippen LogP contribution < -0.4 is 30.4 Å². The van der Waals surface area contributed by atoms with Gasteiger partial charge in [-0.25, -0.2) is 4.39 Å². The van der Waals surface area contributed by atoms with E-state index in [0.29, 0.717) is 35.9 Å². The summed E-state index contributed by atoms with van der Waals surface area (Å²) in [5, 5.41) is 5.92. The lowest BCUT2D eigenvalue weighted by molar-refractivity contribution is 0.102. The van der Waals surface area contributed by atoms with E-state index < -0.39 is 17.3 Å². The van der Waals surface area contributed by atoms with Crippen molar-refractivity contribution in [3.8, 4) is 39.3 Å². The molecule has 50 heavy (non-hydrogen) atoms. The average Bonchev–Trinajstić information content (AvgIpc) is 3.57. The normalized spacial score (nSPS) is 11.0. The quantitative estimate of drug-likeness (QED) is 0.118. The Labute approximate surface area is 291 Å². The van der Waals surface area contributed by atoms with Crippen molar-refractivity contribution in [3.63, 3.8) is 0 Å². The van der Waals surface area contributed by atoms with Gasteiger partial charge >= 0.3 is 0 Å². The van der Waals surface area contributed by atoms with Gasteiger partial charge in [-0.2, -0.15) is 0 Å². The highest BCUT2D eigenvalue weighted by atomic mass is 32.1. The standard InChI is InChI=1S/C37H34FN5O6S/c1-4-48-31-13-16-43(25-6-5-7-26(19-25)47-3)37(45)34(31)36(44)42-24-9-11-30(27(38)18-24)49-32-12-14-40-29-20-33(50-35(29)32)28-10-8-23(22-41-28)21-39-15-17-46-2/h5-14,16,18-20,22,39H,4,15,17,21H2,1-3H3,(H,42,44). The van der Waals surface area contributed by atoms with Gasteiger partial charge in [0.05, 0.1) is 46.8 Å². The summed E-state index contributed by atoms with van der Waals surface area (Å²) >= 11 is 1.44. The molecule has 0 saturated carbocycles. The summed E-state index contributed by atoms with van der Waals surface area (Å²) in [7, 11) is 3.19. The molecule has 2 N–H and O–H groups in total. The summed E-state index contributed by atoms with van der Waals surface area (Å²) in [5.74, 6) is -0.451. The lowest BCUT2D eigenvalue weighted by Gasteiger charge is -2.14. The Morgan fingerprint density at radius 1 is 0.980 bits per heavy atom. The predicted molar refractivity (Wildman–Crippen MR) is 191 cm³/mol. The third kappa shape index (κ3) is 7.65. The number of pyridine rings is 3. The average molecular weight is 696 g/mol. The van der Waals surface area contributed by atoms with Crippen LogP contribution >= 0.6 is 11.3 Å². The molecule has 0 fully saturated rings. The highest BCUT2D eigenvalue weighted by Crippen LogP contribution is 2.39. The minimum absolute atomic E-state index is 0.0519. The van der Waals surface area contributed by atoms with E-state index in [1.807, 2.05) is 24.4 Å². The lowest BCUT2D eigenvalue weighted by atomic mass is 10.2. The van der Waals surface area contributed by atoms with E-state index in [1.54, 1.807) is 50.6 Å². The van der Waals surface area contributed by atoms with Crippen LogP contribution in [0.25, 0.3) is 26.5 Å². The van der Waals surface area contributed by atoms with Gasteiger partial charge in [0.2, 0.25) is 0 Å². The molecule has 0 radical (unpaired) electrons. The first-order valence-corrected chi connectivity index (χ1v) is 16.5. The minimum atomic E-state index is -0.755. The maximum absolute atomic E-state index is 15.5. The van der Waals surface area contributed by atoms with Crippen molar-refractivity contribution in [2.75, 3.05) is 39.3 Å². The van der Waals surface area contributed by atoms with E-state index in [9.17, 15) is 9.59 Å². The van der Waals surface area contributed by atoms with Gasteiger partial charge in [0.1, 0.15) is 22.8 Å². The Morgan fingerprint density at radius 2 is 1.86 bits per heavy atom. The Kier molecular flexibility index (Phi) is 10.8. The fourth-order valence-electron chi connectivity index (χ4n) is 5.14. The molecule has 0 saturated heterocycles. The summed E-state index contributed by atoms with van der Waals surface area (Å²) in [6.45, 7) is 4.04. The zero-order valence-corrected chi connectivity index (χ0v) is 28.4. The van der Waals surface area contributed by atoms with Gasteiger partial charge in [0, 0.05) is 62.7 Å². The number of thiophene rings is 1. The zero-order valence-electron chi connectivity index (χ0n) is 27.6. The van der Waals surface area contributed by atoms with Gasteiger partial charge in [0.25, 0.3) is 11.5 Å². The number of carbonyl (C=O) groups excluding carboxylic acids is 1. The number of nitrogens with zero attached hydrogens (tertiary/aromatic N) is 3. The molecule has 11 nitrogen and oxygen atoms in total. The van der Waals surface area contributed by atoms with Gasteiger partial charge in [-0.05, 0) is 55.0 Å². The third-order valence-corrected chi connectivity index (χ3v) is 8.75. The van der Waals surface area contributed by atoms with Crippen molar-refractivity contribution in [2.45, 2.75) is 13.5 Å². The van der Waals surface area contributed by atoms with Crippen molar-refractivity contribution in [3.05, 3.63) is 119 Å². The molecule has 0 aliphatic heterocycles. The van der Waals surface area contributed by atoms with Crippen LogP contribution in [0.3, 0.4) is 0 Å². The van der Waals surface area contributed by atoms with Crippen molar-refractivity contribution >= 4 is 33.1 Å². The summed E-state index contributed by atoms with van der Waals surface area (Å²) in [6.07, 6.45) is 4.94. The van der Waals surface area contributed by atoms with Gasteiger partial charge in [0.15, 0.2) is 11.6 Å². The van der Waals surface area contributed by atoms with Crippen molar-refractivity contribution < 1.29 is 28.1 Å². The fraction of sp³-hybridized carbons (Fsp3) is 0.189. The first kappa shape index (κ1) is 34.2. The van der Waals surface area contributed by atoms with Crippen molar-refractivity contribution in [1.29, 1.82) is 0 Å². The predicted octanol–water partition coefficient (Wildman–Crippen LogP) is 6.84. The first-order chi connectivity index (χ1) is 24.4. The molecule has 0 atom stereocenters. The van der Waals surface area contributed by atoms with Gasteiger partial charge in [-0.15, -0.1) is 11.3 Å². The number of rotatable bonds is 14. The molecule has 0 bridgehead atoms. The zero-order chi connectivity index (χ0) is 35.0.